The lowest BCUT2D eigenvalue weighted by Gasteiger charge is -2.34. The van der Waals surface area contributed by atoms with Gasteiger partial charge in [-0.15, -0.1) is 5.10 Å². The van der Waals surface area contributed by atoms with Crippen LogP contribution >= 0.6 is 0 Å². The molecule has 2 aliphatic heterocycles. The number of nitrogens with zero attached hydrogens (tertiary/aromatic N) is 7. The van der Waals surface area contributed by atoms with Gasteiger partial charge >= 0.3 is 6.09 Å². The van der Waals surface area contributed by atoms with E-state index in [9.17, 15) is 14.4 Å². The summed E-state index contributed by atoms with van der Waals surface area (Å²) in [5.74, 6) is 1.27. The van der Waals surface area contributed by atoms with E-state index in [2.05, 4.69) is 42.8 Å². The van der Waals surface area contributed by atoms with Crippen LogP contribution in [0.4, 0.5) is 16.4 Å². The summed E-state index contributed by atoms with van der Waals surface area (Å²) in [5.41, 5.74) is 3.59. The Morgan fingerprint density at radius 3 is 2.57 bits per heavy atom. The van der Waals surface area contributed by atoms with E-state index in [1.54, 1.807) is 17.2 Å². The smallest absolute Gasteiger partial charge is 0.412 e. The van der Waals surface area contributed by atoms with Gasteiger partial charge in [0.15, 0.2) is 11.6 Å². The molecule has 14 heteroatoms. The lowest BCUT2D eigenvalue weighted by Crippen LogP contribution is -2.50. The summed E-state index contributed by atoms with van der Waals surface area (Å²) < 4.78 is 12.1. The van der Waals surface area contributed by atoms with Crippen molar-refractivity contribution >= 4 is 35.1 Å². The summed E-state index contributed by atoms with van der Waals surface area (Å²) in [7, 11) is 1.30. The molecular weight excluding hydrogens is 542 g/mol. The molecule has 3 aromatic rings. The van der Waals surface area contributed by atoms with Gasteiger partial charge in [0.25, 0.3) is 0 Å². The molecule has 2 saturated heterocycles. The van der Waals surface area contributed by atoms with Crippen LogP contribution in [-0.2, 0) is 25.6 Å². The Kier molecular flexibility index (Phi) is 8.93. The third-order valence-electron chi connectivity index (χ3n) is 7.31. The molecule has 0 aromatic carbocycles. The maximum Gasteiger partial charge on any atom is 0.412 e. The van der Waals surface area contributed by atoms with Crippen LogP contribution in [0, 0.1) is 6.92 Å². The molecule has 14 nitrogen and oxygen atoms in total. The van der Waals surface area contributed by atoms with Crippen molar-refractivity contribution in [2.24, 2.45) is 0 Å². The van der Waals surface area contributed by atoms with Crippen LogP contribution in [0.2, 0.25) is 0 Å². The number of fused-ring (bicyclic) bond motifs is 1. The lowest BCUT2D eigenvalue weighted by molar-refractivity contribution is -0.133. The van der Waals surface area contributed by atoms with E-state index in [1.165, 1.54) is 7.11 Å². The fraction of sp³-hybridized carbons (Fsp3) is 0.429. The molecule has 0 saturated carbocycles. The number of morpholine rings is 1. The Morgan fingerprint density at radius 2 is 1.88 bits per heavy atom. The number of aryl methyl sites for hydroxylation is 1. The molecule has 0 unspecified atom stereocenters. The topological polar surface area (TPSA) is 147 Å². The fourth-order valence-corrected chi connectivity index (χ4v) is 5.02. The number of carbonyl (C=O) groups is 3. The second-order valence-electron chi connectivity index (χ2n) is 10.1. The Balaban J connectivity index is 1.35. The Labute approximate surface area is 243 Å². The van der Waals surface area contributed by atoms with Crippen molar-refractivity contribution in [3.8, 4) is 11.4 Å². The van der Waals surface area contributed by atoms with Crippen LogP contribution in [0.25, 0.3) is 16.9 Å². The van der Waals surface area contributed by atoms with Crippen LogP contribution in [-0.4, -0.2) is 113 Å². The van der Waals surface area contributed by atoms with Gasteiger partial charge in [0.05, 0.1) is 26.9 Å². The SMILES string of the molecule is C=CC(=O)NCC(=O)N1CCN(Cc2cc3c(N4CCOCC4)nc(-c4cnc(NC(=O)OC)cc4C)nn3c2)CC1. The number of nitrogens with one attached hydrogen (secondary N) is 2. The molecule has 0 aliphatic carbocycles. The predicted octanol–water partition coefficient (Wildman–Crippen LogP) is 1.06. The number of anilines is 2. The first kappa shape index (κ1) is 29.0. The number of hydrogen-bond donors (Lipinski definition) is 2. The molecule has 0 atom stereocenters. The maximum absolute atomic E-state index is 12.4. The van der Waals surface area contributed by atoms with Crippen LogP contribution < -0.4 is 15.5 Å². The molecule has 3 aromatic heterocycles. The Morgan fingerprint density at radius 1 is 1.12 bits per heavy atom. The van der Waals surface area contributed by atoms with E-state index in [4.69, 9.17) is 14.8 Å². The highest BCUT2D eigenvalue weighted by atomic mass is 16.5. The first-order valence-electron chi connectivity index (χ1n) is 13.8. The van der Waals surface area contributed by atoms with Crippen molar-refractivity contribution in [3.05, 3.63) is 48.3 Å². The van der Waals surface area contributed by atoms with Crippen molar-refractivity contribution < 1.29 is 23.9 Å². The van der Waals surface area contributed by atoms with Gasteiger partial charge in [-0.2, -0.15) is 0 Å². The second-order valence-corrected chi connectivity index (χ2v) is 10.1. The van der Waals surface area contributed by atoms with Gasteiger partial charge in [-0.05, 0) is 36.3 Å². The van der Waals surface area contributed by atoms with Gasteiger partial charge in [-0.25, -0.2) is 19.3 Å². The maximum atomic E-state index is 12.4. The van der Waals surface area contributed by atoms with Gasteiger partial charge in [-0.3, -0.25) is 19.8 Å². The first-order valence-corrected chi connectivity index (χ1v) is 13.8. The highest BCUT2D eigenvalue weighted by molar-refractivity contribution is 5.90. The summed E-state index contributed by atoms with van der Waals surface area (Å²) in [6.45, 7) is 11.3. The van der Waals surface area contributed by atoms with E-state index < -0.39 is 6.09 Å². The molecule has 222 valence electrons. The molecule has 2 aliphatic rings. The first-order chi connectivity index (χ1) is 20.3. The monoisotopic (exact) mass is 577 g/mol. The highest BCUT2D eigenvalue weighted by Gasteiger charge is 2.24. The zero-order valence-electron chi connectivity index (χ0n) is 23.8. The summed E-state index contributed by atoms with van der Waals surface area (Å²) in [6, 6.07) is 3.87. The molecule has 3 amide bonds. The minimum Gasteiger partial charge on any atom is -0.453 e. The van der Waals surface area contributed by atoms with Gasteiger partial charge in [0.1, 0.15) is 11.3 Å². The standard InChI is InChI=1S/C28H35N9O5/c1-4-24(38)30-16-25(39)35-7-5-34(6-8-35)17-20-14-22-27(36-9-11-42-12-10-36)32-26(33-37(22)18-20)21-15-29-23(13-19(21)2)31-28(40)41-3/h4,13-15,18H,1,5-12,16-17H2,2-3H3,(H,30,38)(H,29,31,40). The number of aromatic nitrogens is 4. The Hall–Kier alpha value is -4.56. The molecule has 0 bridgehead atoms. The largest absolute Gasteiger partial charge is 0.453 e. The number of ether oxygens (including phenoxy) is 2. The van der Waals surface area contributed by atoms with E-state index in [-0.39, 0.29) is 18.4 Å². The van der Waals surface area contributed by atoms with Gasteiger partial charge in [-0.1, -0.05) is 6.58 Å². The van der Waals surface area contributed by atoms with Crippen LogP contribution in [0.15, 0.2) is 37.2 Å². The molecule has 5 rings (SSSR count). The minimum atomic E-state index is -0.591. The average Bonchev–Trinajstić information content (AvgIpc) is 3.42. The van der Waals surface area contributed by atoms with Gasteiger partial charge in [0, 0.05) is 63.8 Å². The summed E-state index contributed by atoms with van der Waals surface area (Å²) in [5, 5.41) is 9.97. The van der Waals surface area contributed by atoms with Crippen LogP contribution in [0.5, 0.6) is 0 Å². The fourth-order valence-electron chi connectivity index (χ4n) is 5.02. The number of methoxy groups -OCH3 is 1. The second kappa shape index (κ2) is 13.0. The van der Waals surface area contributed by atoms with Crippen molar-refractivity contribution in [1.29, 1.82) is 0 Å². The minimum absolute atomic E-state index is 0.0272. The molecule has 0 radical (unpaired) electrons. The normalized spacial score (nSPS) is 15.9. The summed E-state index contributed by atoms with van der Waals surface area (Å²) >= 11 is 0. The molecule has 2 fully saturated rings. The number of hydrogen-bond acceptors (Lipinski definition) is 10. The van der Waals surface area contributed by atoms with E-state index in [1.807, 2.05) is 17.6 Å². The quantitative estimate of drug-likeness (QED) is 0.373. The number of amides is 3. The van der Waals surface area contributed by atoms with Crippen molar-refractivity contribution in [3.63, 3.8) is 0 Å². The zero-order chi connectivity index (χ0) is 29.6. The van der Waals surface area contributed by atoms with E-state index in [0.29, 0.717) is 44.5 Å². The number of rotatable bonds is 8. The lowest BCUT2D eigenvalue weighted by atomic mass is 10.1. The van der Waals surface area contributed by atoms with Crippen LogP contribution in [0.3, 0.4) is 0 Å². The predicted molar refractivity (Wildman–Crippen MR) is 155 cm³/mol. The van der Waals surface area contributed by atoms with Crippen molar-refractivity contribution in [2.45, 2.75) is 13.5 Å². The number of carbonyl (C=O) groups excluding carboxylic acids is 3. The molecule has 42 heavy (non-hydrogen) atoms. The molecule has 0 spiro atoms. The van der Waals surface area contributed by atoms with Gasteiger partial charge < -0.3 is 24.6 Å². The summed E-state index contributed by atoms with van der Waals surface area (Å²) in [6.07, 6.45) is 4.23. The van der Waals surface area contributed by atoms with E-state index in [0.717, 1.165) is 60.3 Å². The number of pyridine rings is 1. The van der Waals surface area contributed by atoms with E-state index >= 15 is 0 Å². The molecular formula is C28H35N9O5. The average molecular weight is 578 g/mol. The number of piperazine rings is 1. The third kappa shape index (κ3) is 6.66. The highest BCUT2D eigenvalue weighted by Crippen LogP contribution is 2.28. The molecule has 2 N–H and O–H groups in total. The van der Waals surface area contributed by atoms with Gasteiger partial charge in [0.2, 0.25) is 11.8 Å². The molecule has 5 heterocycles. The Bertz CT molecular complexity index is 1480. The zero-order valence-corrected chi connectivity index (χ0v) is 23.8. The summed E-state index contributed by atoms with van der Waals surface area (Å²) in [4.78, 5) is 51.0. The van der Waals surface area contributed by atoms with Crippen molar-refractivity contribution in [2.75, 3.05) is 76.4 Å². The third-order valence-corrected chi connectivity index (χ3v) is 7.31. The van der Waals surface area contributed by atoms with Crippen molar-refractivity contribution in [1.82, 2.24) is 34.7 Å². The van der Waals surface area contributed by atoms with Crippen LogP contribution in [0.1, 0.15) is 11.1 Å².